The predicted molar refractivity (Wildman–Crippen MR) is 79.4 cm³/mol. The second kappa shape index (κ2) is 7.48. The fourth-order valence-electron chi connectivity index (χ4n) is 1.72. The number of carboxylic acids is 1. The summed E-state index contributed by atoms with van der Waals surface area (Å²) in [5, 5.41) is 11.3. The van der Waals surface area contributed by atoms with E-state index >= 15 is 0 Å². The fraction of sp³-hybridized carbons (Fsp3) is 0.375. The SMILES string of the molecule is CC[C@H](NC(=O)/C=C/c1ccc(C(C)C)cc1)C(=O)O. The Kier molecular flexibility index (Phi) is 5.97. The smallest absolute Gasteiger partial charge is 0.326 e. The van der Waals surface area contributed by atoms with E-state index in [1.165, 1.54) is 11.6 Å². The number of carboxylic acid groups (broad SMARTS) is 1. The molecule has 0 unspecified atom stereocenters. The van der Waals surface area contributed by atoms with E-state index in [4.69, 9.17) is 5.11 Å². The lowest BCUT2D eigenvalue weighted by Gasteiger charge is -2.09. The molecule has 1 aromatic carbocycles. The van der Waals surface area contributed by atoms with Crippen LogP contribution in [0.3, 0.4) is 0 Å². The summed E-state index contributed by atoms with van der Waals surface area (Å²) in [6.07, 6.45) is 3.39. The summed E-state index contributed by atoms with van der Waals surface area (Å²) in [4.78, 5) is 22.4. The minimum atomic E-state index is -1.02. The summed E-state index contributed by atoms with van der Waals surface area (Å²) >= 11 is 0. The molecule has 4 heteroatoms. The molecule has 0 aromatic heterocycles. The van der Waals surface area contributed by atoms with Gasteiger partial charge in [0.25, 0.3) is 0 Å². The Morgan fingerprint density at radius 2 is 1.85 bits per heavy atom. The van der Waals surface area contributed by atoms with E-state index in [1.54, 1.807) is 13.0 Å². The highest BCUT2D eigenvalue weighted by atomic mass is 16.4. The lowest BCUT2D eigenvalue weighted by Crippen LogP contribution is -2.39. The first-order valence-corrected chi connectivity index (χ1v) is 6.75. The van der Waals surface area contributed by atoms with Crippen molar-refractivity contribution in [2.45, 2.75) is 39.2 Å². The Morgan fingerprint density at radius 3 is 2.30 bits per heavy atom. The van der Waals surface area contributed by atoms with Crippen LogP contribution in [0.2, 0.25) is 0 Å². The van der Waals surface area contributed by atoms with Crippen LogP contribution in [0.15, 0.2) is 30.3 Å². The van der Waals surface area contributed by atoms with Crippen molar-refractivity contribution in [3.63, 3.8) is 0 Å². The molecule has 1 aromatic rings. The molecule has 1 amide bonds. The molecule has 20 heavy (non-hydrogen) atoms. The lowest BCUT2D eigenvalue weighted by atomic mass is 10.0. The number of benzene rings is 1. The highest BCUT2D eigenvalue weighted by molar-refractivity contribution is 5.94. The van der Waals surface area contributed by atoms with Crippen molar-refractivity contribution in [3.8, 4) is 0 Å². The van der Waals surface area contributed by atoms with Gasteiger partial charge in [0.2, 0.25) is 5.91 Å². The van der Waals surface area contributed by atoms with Gasteiger partial charge in [0.15, 0.2) is 0 Å². The van der Waals surface area contributed by atoms with Gasteiger partial charge in [-0.25, -0.2) is 4.79 Å². The van der Waals surface area contributed by atoms with E-state index in [2.05, 4.69) is 19.2 Å². The highest BCUT2D eigenvalue weighted by Crippen LogP contribution is 2.15. The predicted octanol–water partition coefficient (Wildman–Crippen LogP) is 2.80. The van der Waals surface area contributed by atoms with Crippen LogP contribution >= 0.6 is 0 Å². The van der Waals surface area contributed by atoms with Gasteiger partial charge in [0.1, 0.15) is 6.04 Å². The molecular weight excluding hydrogens is 254 g/mol. The number of carbonyl (C=O) groups excluding carboxylic acids is 1. The molecule has 0 aliphatic rings. The topological polar surface area (TPSA) is 66.4 Å². The maximum Gasteiger partial charge on any atom is 0.326 e. The maximum absolute atomic E-state index is 11.6. The van der Waals surface area contributed by atoms with Crippen LogP contribution in [0.5, 0.6) is 0 Å². The van der Waals surface area contributed by atoms with Gasteiger partial charge >= 0.3 is 5.97 Å². The zero-order chi connectivity index (χ0) is 15.1. The zero-order valence-electron chi connectivity index (χ0n) is 12.1. The molecule has 0 bridgehead atoms. The van der Waals surface area contributed by atoms with Crippen molar-refractivity contribution in [3.05, 3.63) is 41.5 Å². The van der Waals surface area contributed by atoms with E-state index in [1.807, 2.05) is 24.3 Å². The molecule has 0 heterocycles. The summed E-state index contributed by atoms with van der Waals surface area (Å²) < 4.78 is 0. The van der Waals surface area contributed by atoms with Crippen molar-refractivity contribution >= 4 is 18.0 Å². The average Bonchev–Trinajstić information content (AvgIpc) is 2.42. The molecule has 2 N–H and O–H groups in total. The Labute approximate surface area is 119 Å². The standard InChI is InChI=1S/C16H21NO3/c1-4-14(16(19)20)17-15(18)10-7-12-5-8-13(9-6-12)11(2)3/h5-11,14H,4H2,1-3H3,(H,17,18)(H,19,20)/b10-7+/t14-/m0/s1. The third-order valence-electron chi connectivity index (χ3n) is 3.05. The van der Waals surface area contributed by atoms with Crippen molar-refractivity contribution in [1.82, 2.24) is 5.32 Å². The minimum Gasteiger partial charge on any atom is -0.480 e. The van der Waals surface area contributed by atoms with Crippen LogP contribution < -0.4 is 5.32 Å². The van der Waals surface area contributed by atoms with Gasteiger partial charge in [-0.3, -0.25) is 4.79 Å². The highest BCUT2D eigenvalue weighted by Gasteiger charge is 2.15. The largest absolute Gasteiger partial charge is 0.480 e. The van der Waals surface area contributed by atoms with Crippen molar-refractivity contribution in [2.24, 2.45) is 0 Å². The number of hydrogen-bond donors (Lipinski definition) is 2. The molecule has 0 spiro atoms. The van der Waals surface area contributed by atoms with E-state index in [-0.39, 0.29) is 0 Å². The number of carbonyl (C=O) groups is 2. The molecule has 0 radical (unpaired) electrons. The molecule has 4 nitrogen and oxygen atoms in total. The van der Waals surface area contributed by atoms with Gasteiger partial charge in [0.05, 0.1) is 0 Å². The molecular formula is C16H21NO3. The van der Waals surface area contributed by atoms with Crippen molar-refractivity contribution in [1.29, 1.82) is 0 Å². The zero-order valence-corrected chi connectivity index (χ0v) is 12.1. The Balaban J connectivity index is 2.63. The summed E-state index contributed by atoms with van der Waals surface area (Å²) in [7, 11) is 0. The Hall–Kier alpha value is -2.10. The summed E-state index contributed by atoms with van der Waals surface area (Å²) in [6.45, 7) is 5.96. The minimum absolute atomic E-state index is 0.359. The molecule has 0 fully saturated rings. The third-order valence-corrected chi connectivity index (χ3v) is 3.05. The number of amides is 1. The second-order valence-corrected chi connectivity index (χ2v) is 4.96. The van der Waals surface area contributed by atoms with Crippen LogP contribution in [0, 0.1) is 0 Å². The first kappa shape index (κ1) is 16.0. The Bertz CT molecular complexity index is 489. The van der Waals surface area contributed by atoms with Gasteiger partial charge in [0, 0.05) is 6.08 Å². The van der Waals surface area contributed by atoms with Crippen molar-refractivity contribution in [2.75, 3.05) is 0 Å². The number of aliphatic carboxylic acids is 1. The quantitative estimate of drug-likeness (QED) is 0.784. The first-order chi connectivity index (χ1) is 9.43. The van der Waals surface area contributed by atoms with Crippen LogP contribution in [0.25, 0.3) is 6.08 Å². The first-order valence-electron chi connectivity index (χ1n) is 6.75. The van der Waals surface area contributed by atoms with Gasteiger partial charge in [-0.2, -0.15) is 0 Å². The average molecular weight is 275 g/mol. The van der Waals surface area contributed by atoms with Crippen LogP contribution in [0.1, 0.15) is 44.2 Å². The van der Waals surface area contributed by atoms with Gasteiger partial charge in [-0.05, 0) is 29.5 Å². The van der Waals surface area contributed by atoms with Crippen LogP contribution in [-0.2, 0) is 9.59 Å². The molecule has 1 rings (SSSR count). The molecule has 0 saturated carbocycles. The summed E-state index contributed by atoms with van der Waals surface area (Å²) in [5.74, 6) is -0.945. The van der Waals surface area contributed by atoms with Crippen LogP contribution in [-0.4, -0.2) is 23.0 Å². The molecule has 0 aliphatic carbocycles. The fourth-order valence-corrected chi connectivity index (χ4v) is 1.72. The van der Waals surface area contributed by atoms with E-state index in [9.17, 15) is 9.59 Å². The van der Waals surface area contributed by atoms with Crippen molar-refractivity contribution < 1.29 is 14.7 Å². The molecule has 0 saturated heterocycles. The van der Waals surface area contributed by atoms with Gasteiger partial charge in [-0.15, -0.1) is 0 Å². The maximum atomic E-state index is 11.6. The normalized spacial score (nSPS) is 12.6. The summed E-state index contributed by atoms with van der Waals surface area (Å²) in [5.41, 5.74) is 2.15. The Morgan fingerprint density at radius 1 is 1.25 bits per heavy atom. The number of hydrogen-bond acceptors (Lipinski definition) is 2. The van der Waals surface area contributed by atoms with E-state index in [0.717, 1.165) is 5.56 Å². The van der Waals surface area contributed by atoms with Gasteiger partial charge < -0.3 is 10.4 Å². The van der Waals surface area contributed by atoms with E-state index in [0.29, 0.717) is 12.3 Å². The number of rotatable bonds is 6. The number of nitrogens with one attached hydrogen (secondary N) is 1. The van der Waals surface area contributed by atoms with Gasteiger partial charge in [-0.1, -0.05) is 45.0 Å². The monoisotopic (exact) mass is 275 g/mol. The molecule has 0 aliphatic heterocycles. The summed E-state index contributed by atoms with van der Waals surface area (Å²) in [6, 6.07) is 7.08. The second-order valence-electron chi connectivity index (χ2n) is 4.96. The van der Waals surface area contributed by atoms with Crippen LogP contribution in [0.4, 0.5) is 0 Å². The third kappa shape index (κ3) is 4.88. The molecule has 108 valence electrons. The lowest BCUT2D eigenvalue weighted by molar-refractivity contribution is -0.141. The van der Waals surface area contributed by atoms with E-state index < -0.39 is 17.9 Å². The molecule has 1 atom stereocenters.